The highest BCUT2D eigenvalue weighted by Crippen LogP contribution is 2.18. The van der Waals surface area contributed by atoms with Crippen molar-refractivity contribution in [3.05, 3.63) is 65.2 Å². The summed E-state index contributed by atoms with van der Waals surface area (Å²) >= 11 is 0. The van der Waals surface area contributed by atoms with E-state index in [1.807, 2.05) is 69.3 Å². The van der Waals surface area contributed by atoms with Crippen molar-refractivity contribution in [3.63, 3.8) is 0 Å². The van der Waals surface area contributed by atoms with Crippen LogP contribution in [0, 0.1) is 6.92 Å². The number of hydrogen-bond acceptors (Lipinski definition) is 3. The lowest BCUT2D eigenvalue weighted by Gasteiger charge is -2.29. The van der Waals surface area contributed by atoms with Crippen LogP contribution in [0.5, 0.6) is 5.75 Å². The predicted molar refractivity (Wildman–Crippen MR) is 111 cm³/mol. The first-order valence-corrected chi connectivity index (χ1v) is 9.59. The van der Waals surface area contributed by atoms with E-state index in [-0.39, 0.29) is 24.3 Å². The van der Waals surface area contributed by atoms with E-state index in [1.165, 1.54) is 0 Å². The summed E-state index contributed by atoms with van der Waals surface area (Å²) in [6.45, 7) is 7.92. The van der Waals surface area contributed by atoms with Gasteiger partial charge in [0.25, 0.3) is 0 Å². The van der Waals surface area contributed by atoms with Crippen LogP contribution in [-0.2, 0) is 22.6 Å². The predicted octanol–water partition coefficient (Wildman–Crippen LogP) is 3.49. The highest BCUT2D eigenvalue weighted by Gasteiger charge is 2.26. The van der Waals surface area contributed by atoms with Gasteiger partial charge in [-0.15, -0.1) is 0 Å². The largest absolute Gasteiger partial charge is 0.497 e. The SMILES string of the molecule is COc1cccc(CN(C(=O)Cc2ccccc2C)C(C)C(=O)NC(C)C)c1. The molecule has 0 saturated carbocycles. The number of carbonyl (C=O) groups excluding carboxylic acids is 2. The number of methoxy groups -OCH3 is 1. The van der Waals surface area contributed by atoms with Gasteiger partial charge in [0.05, 0.1) is 13.5 Å². The molecule has 0 aliphatic rings. The fraction of sp³-hybridized carbons (Fsp3) is 0.391. The van der Waals surface area contributed by atoms with Gasteiger partial charge in [-0.1, -0.05) is 36.4 Å². The van der Waals surface area contributed by atoms with Crippen molar-refractivity contribution in [3.8, 4) is 5.75 Å². The summed E-state index contributed by atoms with van der Waals surface area (Å²) < 4.78 is 5.29. The van der Waals surface area contributed by atoms with E-state index in [0.717, 1.165) is 22.4 Å². The number of nitrogens with one attached hydrogen (secondary N) is 1. The number of rotatable bonds is 8. The molecule has 5 nitrogen and oxygen atoms in total. The van der Waals surface area contributed by atoms with Crippen LogP contribution >= 0.6 is 0 Å². The fourth-order valence-corrected chi connectivity index (χ4v) is 3.03. The summed E-state index contributed by atoms with van der Waals surface area (Å²) in [4.78, 5) is 27.4. The van der Waals surface area contributed by atoms with Crippen LogP contribution in [-0.4, -0.2) is 35.9 Å². The molecule has 0 aromatic heterocycles. The van der Waals surface area contributed by atoms with Crippen LogP contribution in [0.2, 0.25) is 0 Å². The van der Waals surface area contributed by atoms with Gasteiger partial charge >= 0.3 is 0 Å². The van der Waals surface area contributed by atoms with Crippen LogP contribution in [0.15, 0.2) is 48.5 Å². The fourth-order valence-electron chi connectivity index (χ4n) is 3.03. The van der Waals surface area contributed by atoms with E-state index >= 15 is 0 Å². The molecule has 0 heterocycles. The lowest BCUT2D eigenvalue weighted by molar-refractivity contribution is -0.140. The van der Waals surface area contributed by atoms with Crippen molar-refractivity contribution in [1.29, 1.82) is 0 Å². The van der Waals surface area contributed by atoms with Gasteiger partial charge in [-0.2, -0.15) is 0 Å². The molecule has 2 aromatic carbocycles. The summed E-state index contributed by atoms with van der Waals surface area (Å²) in [7, 11) is 1.61. The van der Waals surface area contributed by atoms with Gasteiger partial charge in [0.2, 0.25) is 11.8 Å². The summed E-state index contributed by atoms with van der Waals surface area (Å²) in [5, 5.41) is 2.90. The maximum absolute atomic E-state index is 13.2. The minimum atomic E-state index is -0.579. The Bertz CT molecular complexity index is 817. The maximum Gasteiger partial charge on any atom is 0.242 e. The van der Waals surface area contributed by atoms with Crippen LogP contribution in [0.1, 0.15) is 37.5 Å². The molecule has 2 aromatic rings. The standard InChI is InChI=1S/C23H30N2O3/c1-16(2)24-23(27)18(4)25(15-19-10-8-12-21(13-19)28-5)22(26)14-20-11-7-6-9-17(20)3/h6-13,16,18H,14-15H2,1-5H3,(H,24,27). The molecule has 2 amide bonds. The molecule has 28 heavy (non-hydrogen) atoms. The van der Waals surface area contributed by atoms with Gasteiger partial charge in [-0.05, 0) is 56.5 Å². The van der Waals surface area contributed by atoms with Crippen molar-refractivity contribution in [1.82, 2.24) is 10.2 Å². The average molecular weight is 383 g/mol. The molecule has 0 aliphatic heterocycles. The molecule has 150 valence electrons. The van der Waals surface area contributed by atoms with Gasteiger partial charge in [0, 0.05) is 12.6 Å². The van der Waals surface area contributed by atoms with E-state index in [1.54, 1.807) is 18.9 Å². The summed E-state index contributed by atoms with van der Waals surface area (Å²) in [6, 6.07) is 14.8. The van der Waals surface area contributed by atoms with Gasteiger partial charge in [0.15, 0.2) is 0 Å². The average Bonchev–Trinajstić information content (AvgIpc) is 2.67. The zero-order valence-corrected chi connectivity index (χ0v) is 17.4. The second-order valence-corrected chi connectivity index (χ2v) is 7.32. The Hall–Kier alpha value is -2.82. The van der Waals surface area contributed by atoms with Gasteiger partial charge < -0.3 is 15.0 Å². The second kappa shape index (κ2) is 9.93. The number of amides is 2. The molecular formula is C23H30N2O3. The van der Waals surface area contributed by atoms with Crippen molar-refractivity contribution in [2.75, 3.05) is 7.11 Å². The number of aryl methyl sites for hydroxylation is 1. The first-order valence-electron chi connectivity index (χ1n) is 9.59. The molecule has 0 saturated heterocycles. The van der Waals surface area contributed by atoms with Gasteiger partial charge in [-0.25, -0.2) is 0 Å². The van der Waals surface area contributed by atoms with Crippen molar-refractivity contribution >= 4 is 11.8 Å². The molecule has 0 radical (unpaired) electrons. The third kappa shape index (κ3) is 5.84. The number of ether oxygens (including phenoxy) is 1. The number of hydrogen-bond donors (Lipinski definition) is 1. The highest BCUT2D eigenvalue weighted by molar-refractivity contribution is 5.88. The molecule has 1 atom stereocenters. The smallest absolute Gasteiger partial charge is 0.242 e. The monoisotopic (exact) mass is 382 g/mol. The third-order valence-corrected chi connectivity index (χ3v) is 4.69. The number of nitrogens with zero attached hydrogens (tertiary/aromatic N) is 1. The van der Waals surface area contributed by atoms with Crippen LogP contribution in [0.4, 0.5) is 0 Å². The molecule has 2 rings (SSSR count). The topological polar surface area (TPSA) is 58.6 Å². The first kappa shape index (κ1) is 21.5. The molecular weight excluding hydrogens is 352 g/mol. The Balaban J connectivity index is 2.27. The molecule has 1 N–H and O–H groups in total. The van der Waals surface area contributed by atoms with Crippen molar-refractivity contribution < 1.29 is 14.3 Å². The minimum absolute atomic E-state index is 0.0140. The van der Waals surface area contributed by atoms with E-state index in [4.69, 9.17) is 4.74 Å². The zero-order valence-electron chi connectivity index (χ0n) is 17.4. The maximum atomic E-state index is 13.2. The van der Waals surface area contributed by atoms with E-state index in [9.17, 15) is 9.59 Å². The zero-order chi connectivity index (χ0) is 20.7. The Morgan fingerprint density at radius 2 is 1.79 bits per heavy atom. The summed E-state index contributed by atoms with van der Waals surface area (Å²) in [6.07, 6.45) is 0.260. The van der Waals surface area contributed by atoms with Crippen molar-refractivity contribution in [2.45, 2.75) is 52.7 Å². The van der Waals surface area contributed by atoms with E-state index in [0.29, 0.717) is 6.54 Å². The van der Waals surface area contributed by atoms with Crippen LogP contribution in [0.25, 0.3) is 0 Å². The molecule has 0 fully saturated rings. The normalized spacial score (nSPS) is 11.8. The number of carbonyl (C=O) groups is 2. The minimum Gasteiger partial charge on any atom is -0.497 e. The molecule has 1 unspecified atom stereocenters. The van der Waals surface area contributed by atoms with Crippen LogP contribution in [0.3, 0.4) is 0 Å². The van der Waals surface area contributed by atoms with Crippen molar-refractivity contribution in [2.24, 2.45) is 0 Å². The van der Waals surface area contributed by atoms with Gasteiger partial charge in [-0.3, -0.25) is 9.59 Å². The van der Waals surface area contributed by atoms with Gasteiger partial charge in [0.1, 0.15) is 11.8 Å². The molecule has 0 aliphatic carbocycles. The third-order valence-electron chi connectivity index (χ3n) is 4.69. The quantitative estimate of drug-likeness (QED) is 0.760. The molecule has 5 heteroatoms. The van der Waals surface area contributed by atoms with Crippen LogP contribution < -0.4 is 10.1 Å². The highest BCUT2D eigenvalue weighted by atomic mass is 16.5. The first-order chi connectivity index (χ1) is 13.3. The Morgan fingerprint density at radius 1 is 1.07 bits per heavy atom. The summed E-state index contributed by atoms with van der Waals surface area (Å²) in [5.41, 5.74) is 2.96. The lowest BCUT2D eigenvalue weighted by atomic mass is 10.0. The molecule has 0 spiro atoms. The van der Waals surface area contributed by atoms with E-state index in [2.05, 4.69) is 5.32 Å². The number of benzene rings is 2. The summed E-state index contributed by atoms with van der Waals surface area (Å²) in [5.74, 6) is 0.489. The Labute approximate surface area is 167 Å². The Morgan fingerprint density at radius 3 is 2.43 bits per heavy atom. The Kier molecular flexibility index (Phi) is 7.61. The second-order valence-electron chi connectivity index (χ2n) is 7.32. The van der Waals surface area contributed by atoms with E-state index < -0.39 is 6.04 Å². The lowest BCUT2D eigenvalue weighted by Crippen LogP contribution is -2.49. The molecule has 0 bridgehead atoms.